The van der Waals surface area contributed by atoms with Crippen molar-refractivity contribution in [2.45, 2.75) is 32.2 Å². The normalized spacial score (nSPS) is 15.7. The molecule has 0 aliphatic carbocycles. The van der Waals surface area contributed by atoms with Crippen molar-refractivity contribution in [1.29, 1.82) is 0 Å². The van der Waals surface area contributed by atoms with E-state index in [1.54, 1.807) is 6.20 Å². The number of fused-ring (bicyclic) bond motifs is 1. The van der Waals surface area contributed by atoms with Crippen molar-refractivity contribution in [2.75, 3.05) is 6.61 Å². The van der Waals surface area contributed by atoms with Crippen LogP contribution in [0.3, 0.4) is 0 Å². The van der Waals surface area contributed by atoms with Gasteiger partial charge in [-0.2, -0.15) is 0 Å². The van der Waals surface area contributed by atoms with Gasteiger partial charge in [0.1, 0.15) is 5.75 Å². The van der Waals surface area contributed by atoms with Gasteiger partial charge in [-0.3, -0.25) is 4.79 Å². The molecule has 2 aromatic carbocycles. The molecule has 0 saturated carbocycles. The second-order valence-corrected chi connectivity index (χ2v) is 6.78. The minimum atomic E-state index is -0.00760. The van der Waals surface area contributed by atoms with E-state index >= 15 is 0 Å². The number of carbonyl (C=O) groups is 1. The van der Waals surface area contributed by atoms with E-state index in [9.17, 15) is 4.79 Å². The fraction of sp³-hybridized carbons (Fsp3) is 0.273. The minimum Gasteiger partial charge on any atom is -0.493 e. The zero-order valence-corrected chi connectivity index (χ0v) is 15.3. The molecule has 3 aromatic rings. The Labute approximate surface area is 158 Å². The minimum absolute atomic E-state index is 0.00451. The Bertz CT molecular complexity index is 931. The highest BCUT2D eigenvalue weighted by Gasteiger charge is 2.22. The average molecular weight is 362 g/mol. The number of hydrogen-bond acceptors (Lipinski definition) is 4. The molecule has 138 valence electrons. The average Bonchev–Trinajstić information content (AvgIpc) is 3.16. The van der Waals surface area contributed by atoms with Crippen LogP contribution in [0.15, 0.2) is 59.1 Å². The zero-order chi connectivity index (χ0) is 18.6. The van der Waals surface area contributed by atoms with Crippen molar-refractivity contribution < 1.29 is 13.9 Å². The van der Waals surface area contributed by atoms with E-state index in [0.717, 1.165) is 29.1 Å². The van der Waals surface area contributed by atoms with Crippen LogP contribution in [0, 0.1) is 6.92 Å². The van der Waals surface area contributed by atoms with Gasteiger partial charge < -0.3 is 14.5 Å². The predicted molar refractivity (Wildman–Crippen MR) is 102 cm³/mol. The Hall–Kier alpha value is -3.08. The lowest BCUT2D eigenvalue weighted by Gasteiger charge is -2.26. The number of aromatic nitrogens is 1. The predicted octanol–water partition coefficient (Wildman–Crippen LogP) is 4.22. The van der Waals surface area contributed by atoms with Crippen molar-refractivity contribution in [3.63, 3.8) is 0 Å². The van der Waals surface area contributed by atoms with E-state index in [1.807, 2.05) is 55.5 Å². The number of nitrogens with one attached hydrogen (secondary N) is 1. The van der Waals surface area contributed by atoms with Crippen molar-refractivity contribution >= 4 is 5.91 Å². The van der Waals surface area contributed by atoms with Crippen molar-refractivity contribution in [3.8, 4) is 17.1 Å². The van der Waals surface area contributed by atoms with Crippen LogP contribution >= 0.6 is 0 Å². The summed E-state index contributed by atoms with van der Waals surface area (Å²) in [6.45, 7) is 2.66. The van der Waals surface area contributed by atoms with Crippen LogP contribution in [0.2, 0.25) is 0 Å². The molecule has 5 nitrogen and oxygen atoms in total. The van der Waals surface area contributed by atoms with Crippen LogP contribution in [0.25, 0.3) is 11.3 Å². The number of amides is 1. The molecule has 0 spiro atoms. The Kier molecular flexibility index (Phi) is 4.92. The van der Waals surface area contributed by atoms with Crippen molar-refractivity contribution in [2.24, 2.45) is 0 Å². The molecule has 0 radical (unpaired) electrons. The van der Waals surface area contributed by atoms with E-state index < -0.39 is 0 Å². The van der Waals surface area contributed by atoms with Crippen LogP contribution < -0.4 is 10.1 Å². The van der Waals surface area contributed by atoms with Gasteiger partial charge in [0.25, 0.3) is 0 Å². The highest BCUT2D eigenvalue weighted by atomic mass is 16.5. The highest BCUT2D eigenvalue weighted by molar-refractivity contribution is 5.76. The molecule has 4 rings (SSSR count). The second-order valence-electron chi connectivity index (χ2n) is 6.78. The summed E-state index contributed by atoms with van der Waals surface area (Å²) in [7, 11) is 0. The highest BCUT2D eigenvalue weighted by Crippen LogP contribution is 2.31. The standard InChI is InChI=1S/C22H22N2O3/c1-15-6-8-16(9-7-15)20-14-23-22(27-20)11-10-21(25)24-18-12-13-26-19-5-3-2-4-17(18)19/h2-9,14,18H,10-13H2,1H3,(H,24,25). The maximum absolute atomic E-state index is 12.4. The third-order valence-corrected chi connectivity index (χ3v) is 4.75. The van der Waals surface area contributed by atoms with E-state index in [1.165, 1.54) is 5.56 Å². The smallest absolute Gasteiger partial charge is 0.220 e. The van der Waals surface area contributed by atoms with E-state index in [2.05, 4.69) is 10.3 Å². The van der Waals surface area contributed by atoms with E-state index in [0.29, 0.717) is 25.3 Å². The summed E-state index contributed by atoms with van der Waals surface area (Å²) in [5.74, 6) is 2.15. The Morgan fingerprint density at radius 1 is 1.19 bits per heavy atom. The molecule has 0 fully saturated rings. The van der Waals surface area contributed by atoms with Gasteiger partial charge in [0, 0.05) is 30.4 Å². The zero-order valence-electron chi connectivity index (χ0n) is 15.3. The fourth-order valence-electron chi connectivity index (χ4n) is 3.26. The first-order valence-corrected chi connectivity index (χ1v) is 9.22. The summed E-state index contributed by atoms with van der Waals surface area (Å²) in [6, 6.07) is 15.9. The molecule has 2 heterocycles. The molecule has 0 saturated heterocycles. The first-order chi connectivity index (χ1) is 13.2. The second kappa shape index (κ2) is 7.66. The summed E-state index contributed by atoms with van der Waals surface area (Å²) in [5, 5.41) is 3.10. The molecule has 1 aliphatic rings. The van der Waals surface area contributed by atoms with Gasteiger partial charge in [-0.15, -0.1) is 0 Å². The lowest BCUT2D eigenvalue weighted by Crippen LogP contribution is -2.32. The van der Waals surface area contributed by atoms with Gasteiger partial charge >= 0.3 is 0 Å². The number of carbonyl (C=O) groups excluding carboxylic acids is 1. The van der Waals surface area contributed by atoms with E-state index in [4.69, 9.17) is 9.15 Å². The largest absolute Gasteiger partial charge is 0.493 e. The van der Waals surface area contributed by atoms with Gasteiger partial charge in [-0.05, 0) is 13.0 Å². The van der Waals surface area contributed by atoms with Crippen LogP contribution in [-0.2, 0) is 11.2 Å². The number of ether oxygens (including phenoxy) is 1. The van der Waals surface area contributed by atoms with Crippen LogP contribution in [0.4, 0.5) is 0 Å². The van der Waals surface area contributed by atoms with Crippen LogP contribution in [-0.4, -0.2) is 17.5 Å². The lowest BCUT2D eigenvalue weighted by molar-refractivity contribution is -0.122. The summed E-state index contributed by atoms with van der Waals surface area (Å²) in [4.78, 5) is 16.7. The number of nitrogens with zero attached hydrogens (tertiary/aromatic N) is 1. The summed E-state index contributed by atoms with van der Waals surface area (Å²) < 4.78 is 11.4. The number of benzene rings is 2. The summed E-state index contributed by atoms with van der Waals surface area (Å²) >= 11 is 0. The van der Waals surface area contributed by atoms with Gasteiger partial charge in [0.15, 0.2) is 11.7 Å². The van der Waals surface area contributed by atoms with Crippen molar-refractivity contribution in [3.05, 3.63) is 71.7 Å². The number of rotatable bonds is 5. The molecular weight excluding hydrogens is 340 g/mol. The number of aryl methyl sites for hydroxylation is 2. The topological polar surface area (TPSA) is 64.4 Å². The van der Waals surface area contributed by atoms with Crippen molar-refractivity contribution in [1.82, 2.24) is 10.3 Å². The van der Waals surface area contributed by atoms with E-state index in [-0.39, 0.29) is 11.9 Å². The molecule has 1 amide bonds. The third-order valence-electron chi connectivity index (χ3n) is 4.75. The Morgan fingerprint density at radius 3 is 2.85 bits per heavy atom. The summed E-state index contributed by atoms with van der Waals surface area (Å²) in [5.41, 5.74) is 3.22. The fourth-order valence-corrected chi connectivity index (χ4v) is 3.26. The lowest BCUT2D eigenvalue weighted by atomic mass is 10.0. The van der Waals surface area contributed by atoms with Crippen LogP contribution in [0.5, 0.6) is 5.75 Å². The Morgan fingerprint density at radius 2 is 2.00 bits per heavy atom. The number of oxazole rings is 1. The first kappa shape index (κ1) is 17.3. The molecule has 1 aliphatic heterocycles. The molecule has 27 heavy (non-hydrogen) atoms. The molecular formula is C22H22N2O3. The third kappa shape index (κ3) is 4.03. The molecule has 1 N–H and O–H groups in total. The van der Waals surface area contributed by atoms with Gasteiger partial charge in [-0.1, -0.05) is 48.0 Å². The maximum Gasteiger partial charge on any atom is 0.220 e. The monoisotopic (exact) mass is 362 g/mol. The first-order valence-electron chi connectivity index (χ1n) is 9.22. The Balaban J connectivity index is 1.34. The number of hydrogen-bond donors (Lipinski definition) is 1. The SMILES string of the molecule is Cc1ccc(-c2cnc(CCC(=O)NC3CCOc4ccccc43)o2)cc1. The summed E-state index contributed by atoms with van der Waals surface area (Å²) in [6.07, 6.45) is 3.31. The molecule has 1 unspecified atom stereocenters. The van der Waals surface area contributed by atoms with Gasteiger partial charge in [0.2, 0.25) is 5.91 Å². The van der Waals surface area contributed by atoms with Gasteiger partial charge in [0.05, 0.1) is 18.8 Å². The molecule has 0 bridgehead atoms. The quantitative estimate of drug-likeness (QED) is 0.738. The molecule has 5 heteroatoms. The molecule has 1 atom stereocenters. The molecule has 1 aromatic heterocycles. The number of para-hydroxylation sites is 1. The maximum atomic E-state index is 12.4. The van der Waals surface area contributed by atoms with Gasteiger partial charge in [-0.25, -0.2) is 4.98 Å². The van der Waals surface area contributed by atoms with Crippen LogP contribution in [0.1, 0.15) is 35.9 Å².